The third kappa shape index (κ3) is 3.33. The lowest BCUT2D eigenvalue weighted by atomic mass is 10.1. The standard InChI is InChI=1S/C21H18ClN9O/c1-10-12(9-23)18(29-21(24)26-10)28-17(11-5-6-11)19-27-14-4-2-3-13(22)16(14)20(32)31(19)15-7-8-25-30-15/h2-4,7-8,11,17H,5-6H2,1H3,(H,25,30)(H3,24,26,28,29). The molecule has 0 aliphatic heterocycles. The molecule has 0 bridgehead atoms. The molecule has 0 saturated heterocycles. The van der Waals surface area contributed by atoms with Crippen LogP contribution in [0.1, 0.15) is 36.0 Å². The van der Waals surface area contributed by atoms with Crippen molar-refractivity contribution in [3.8, 4) is 11.9 Å². The Morgan fingerprint density at radius 1 is 1.31 bits per heavy atom. The van der Waals surface area contributed by atoms with Gasteiger partial charge in [-0.2, -0.15) is 15.3 Å². The van der Waals surface area contributed by atoms with Gasteiger partial charge in [0.05, 0.1) is 33.9 Å². The fraction of sp³-hybridized carbons (Fsp3) is 0.238. The summed E-state index contributed by atoms with van der Waals surface area (Å²) in [5, 5.41) is 20.4. The Labute approximate surface area is 187 Å². The van der Waals surface area contributed by atoms with Gasteiger partial charge in [-0.25, -0.2) is 14.5 Å². The van der Waals surface area contributed by atoms with Gasteiger partial charge in [-0.1, -0.05) is 17.7 Å². The largest absolute Gasteiger partial charge is 0.368 e. The van der Waals surface area contributed by atoms with Crippen molar-refractivity contribution in [3.05, 3.63) is 62.9 Å². The Morgan fingerprint density at radius 2 is 2.12 bits per heavy atom. The van der Waals surface area contributed by atoms with E-state index in [9.17, 15) is 10.1 Å². The monoisotopic (exact) mass is 447 g/mol. The van der Waals surface area contributed by atoms with Crippen molar-refractivity contribution in [2.75, 3.05) is 11.1 Å². The van der Waals surface area contributed by atoms with Crippen molar-refractivity contribution in [2.45, 2.75) is 25.8 Å². The van der Waals surface area contributed by atoms with E-state index in [1.807, 2.05) is 0 Å². The average molecular weight is 448 g/mol. The minimum atomic E-state index is -0.407. The molecular formula is C21H18ClN9O. The highest BCUT2D eigenvalue weighted by Gasteiger charge is 2.37. The Bertz CT molecular complexity index is 1430. The third-order valence-electron chi connectivity index (χ3n) is 5.48. The Morgan fingerprint density at radius 3 is 2.81 bits per heavy atom. The van der Waals surface area contributed by atoms with Crippen LogP contribution in [0.5, 0.6) is 0 Å². The van der Waals surface area contributed by atoms with Crippen molar-refractivity contribution in [1.29, 1.82) is 5.26 Å². The Kier molecular flexibility index (Phi) is 4.75. The SMILES string of the molecule is Cc1nc(N)nc(NC(c2nc3cccc(Cl)c3c(=O)n2-c2ccn[nH]2)C2CC2)c1C#N. The molecule has 0 radical (unpaired) electrons. The lowest BCUT2D eigenvalue weighted by molar-refractivity contribution is 0.605. The summed E-state index contributed by atoms with van der Waals surface area (Å²) in [7, 11) is 0. The molecule has 4 N–H and O–H groups in total. The minimum Gasteiger partial charge on any atom is -0.368 e. The number of H-pyrrole nitrogens is 1. The van der Waals surface area contributed by atoms with E-state index in [0.29, 0.717) is 44.6 Å². The van der Waals surface area contributed by atoms with E-state index in [1.165, 1.54) is 4.57 Å². The van der Waals surface area contributed by atoms with Gasteiger partial charge in [0.15, 0.2) is 0 Å². The van der Waals surface area contributed by atoms with Gasteiger partial charge in [0.2, 0.25) is 5.95 Å². The van der Waals surface area contributed by atoms with E-state index >= 15 is 0 Å². The maximum absolute atomic E-state index is 13.6. The number of fused-ring (bicyclic) bond motifs is 1. The fourth-order valence-electron chi connectivity index (χ4n) is 3.82. The predicted octanol–water partition coefficient (Wildman–Crippen LogP) is 2.88. The molecule has 11 heteroatoms. The van der Waals surface area contributed by atoms with Gasteiger partial charge in [-0.15, -0.1) is 0 Å². The Balaban J connectivity index is 1.75. The smallest absolute Gasteiger partial charge is 0.268 e. The third-order valence-corrected chi connectivity index (χ3v) is 5.80. The highest BCUT2D eigenvalue weighted by atomic mass is 35.5. The molecule has 1 aliphatic rings. The topological polar surface area (TPSA) is 151 Å². The summed E-state index contributed by atoms with van der Waals surface area (Å²) in [5.74, 6) is 1.49. The second-order valence-electron chi connectivity index (χ2n) is 7.65. The number of nitriles is 1. The highest BCUT2D eigenvalue weighted by molar-refractivity contribution is 6.35. The summed E-state index contributed by atoms with van der Waals surface area (Å²) < 4.78 is 1.47. The van der Waals surface area contributed by atoms with Crippen molar-refractivity contribution in [2.24, 2.45) is 5.92 Å². The van der Waals surface area contributed by atoms with Gasteiger partial charge < -0.3 is 11.1 Å². The summed E-state index contributed by atoms with van der Waals surface area (Å²) in [5.41, 5.74) is 6.78. The van der Waals surface area contributed by atoms with E-state index in [-0.39, 0.29) is 17.4 Å². The number of rotatable bonds is 5. The normalized spacial score (nSPS) is 14.3. The molecule has 32 heavy (non-hydrogen) atoms. The van der Waals surface area contributed by atoms with Crippen LogP contribution in [0, 0.1) is 24.2 Å². The number of hydrogen-bond acceptors (Lipinski definition) is 8. The van der Waals surface area contributed by atoms with Crippen molar-refractivity contribution in [3.63, 3.8) is 0 Å². The van der Waals surface area contributed by atoms with Gasteiger partial charge in [-0.3, -0.25) is 9.89 Å². The maximum atomic E-state index is 13.6. The van der Waals surface area contributed by atoms with Crippen LogP contribution in [0.4, 0.5) is 11.8 Å². The van der Waals surface area contributed by atoms with Crippen molar-refractivity contribution < 1.29 is 0 Å². The van der Waals surface area contributed by atoms with E-state index in [2.05, 4.69) is 31.6 Å². The number of nitrogen functional groups attached to an aromatic ring is 1. The fourth-order valence-corrected chi connectivity index (χ4v) is 4.07. The van der Waals surface area contributed by atoms with Gasteiger partial charge >= 0.3 is 0 Å². The predicted molar refractivity (Wildman–Crippen MR) is 119 cm³/mol. The summed E-state index contributed by atoms with van der Waals surface area (Å²) in [4.78, 5) is 26.7. The molecule has 5 rings (SSSR count). The first-order chi connectivity index (χ1) is 15.5. The van der Waals surface area contributed by atoms with Crippen LogP contribution in [-0.4, -0.2) is 29.7 Å². The van der Waals surface area contributed by atoms with Gasteiger partial charge in [-0.05, 0) is 37.8 Å². The van der Waals surface area contributed by atoms with Crippen LogP contribution in [0.2, 0.25) is 5.02 Å². The molecular weight excluding hydrogens is 430 g/mol. The molecule has 1 aliphatic carbocycles. The van der Waals surface area contributed by atoms with E-state index in [1.54, 1.807) is 37.4 Å². The molecule has 1 saturated carbocycles. The molecule has 0 amide bonds. The zero-order valence-electron chi connectivity index (χ0n) is 17.0. The molecule has 160 valence electrons. The second kappa shape index (κ2) is 7.62. The molecule has 4 aromatic rings. The Hall–Kier alpha value is -3.97. The number of hydrogen-bond donors (Lipinski definition) is 3. The number of nitrogens with two attached hydrogens (primary N) is 1. The first-order valence-electron chi connectivity index (χ1n) is 9.99. The number of aromatic amines is 1. The van der Waals surface area contributed by atoms with E-state index in [0.717, 1.165) is 12.8 Å². The molecule has 1 aromatic carbocycles. The maximum Gasteiger partial charge on any atom is 0.268 e. The molecule has 0 spiro atoms. The lowest BCUT2D eigenvalue weighted by Gasteiger charge is -2.23. The summed E-state index contributed by atoms with van der Waals surface area (Å²) in [6, 6.07) is 8.58. The highest BCUT2D eigenvalue weighted by Crippen LogP contribution is 2.43. The first-order valence-corrected chi connectivity index (χ1v) is 10.4. The average Bonchev–Trinajstić information content (AvgIpc) is 3.45. The number of aromatic nitrogens is 6. The van der Waals surface area contributed by atoms with Crippen molar-refractivity contribution >= 4 is 34.3 Å². The zero-order chi connectivity index (χ0) is 22.4. The van der Waals surface area contributed by atoms with Crippen LogP contribution in [-0.2, 0) is 0 Å². The second-order valence-corrected chi connectivity index (χ2v) is 8.06. The van der Waals surface area contributed by atoms with Crippen molar-refractivity contribution in [1.82, 2.24) is 29.7 Å². The number of anilines is 2. The molecule has 1 unspecified atom stereocenters. The molecule has 1 fully saturated rings. The molecule has 3 aromatic heterocycles. The van der Waals surface area contributed by atoms with Gasteiger partial charge in [0.25, 0.3) is 5.56 Å². The van der Waals surface area contributed by atoms with Crippen LogP contribution in [0.15, 0.2) is 35.3 Å². The number of aryl methyl sites for hydroxylation is 1. The van der Waals surface area contributed by atoms with Crippen LogP contribution in [0.25, 0.3) is 16.7 Å². The number of nitrogens with zero attached hydrogens (tertiary/aromatic N) is 6. The number of benzene rings is 1. The van der Waals surface area contributed by atoms with Gasteiger partial charge in [0, 0.05) is 6.07 Å². The minimum absolute atomic E-state index is 0.0581. The van der Waals surface area contributed by atoms with Crippen LogP contribution < -0.4 is 16.6 Å². The molecule has 1 atom stereocenters. The quantitative estimate of drug-likeness (QED) is 0.422. The number of nitrogens with one attached hydrogen (secondary N) is 2. The van der Waals surface area contributed by atoms with Crippen LogP contribution in [0.3, 0.4) is 0 Å². The summed E-state index contributed by atoms with van der Waals surface area (Å²) in [6.07, 6.45) is 3.43. The zero-order valence-corrected chi connectivity index (χ0v) is 17.8. The van der Waals surface area contributed by atoms with E-state index in [4.69, 9.17) is 22.3 Å². The lowest BCUT2D eigenvalue weighted by Crippen LogP contribution is -2.30. The first kappa shape index (κ1) is 20.0. The molecule has 10 nitrogen and oxygen atoms in total. The summed E-state index contributed by atoms with van der Waals surface area (Å²) >= 11 is 6.35. The summed E-state index contributed by atoms with van der Waals surface area (Å²) in [6.45, 7) is 1.70. The van der Waals surface area contributed by atoms with E-state index < -0.39 is 6.04 Å². The van der Waals surface area contributed by atoms with Crippen LogP contribution >= 0.6 is 11.6 Å². The molecule has 3 heterocycles. The van der Waals surface area contributed by atoms with Gasteiger partial charge in [0.1, 0.15) is 29.1 Å². The number of halogens is 1.